The minimum atomic E-state index is -0.859. The highest BCUT2D eigenvalue weighted by Gasteiger charge is 2.17. The van der Waals surface area contributed by atoms with E-state index in [4.69, 9.17) is 5.11 Å². The Kier molecular flexibility index (Phi) is 6.75. The lowest BCUT2D eigenvalue weighted by molar-refractivity contribution is -0.121. The lowest BCUT2D eigenvalue weighted by Gasteiger charge is -2.23. The van der Waals surface area contributed by atoms with E-state index in [1.165, 1.54) is 6.07 Å². The second-order valence-electron chi connectivity index (χ2n) is 6.02. The number of rotatable bonds is 8. The second kappa shape index (κ2) is 8.08. The van der Waals surface area contributed by atoms with E-state index in [-0.39, 0.29) is 17.9 Å². The third kappa shape index (κ3) is 6.67. The van der Waals surface area contributed by atoms with Crippen LogP contribution < -0.4 is 5.32 Å². The highest BCUT2D eigenvalue weighted by molar-refractivity contribution is 5.75. The van der Waals surface area contributed by atoms with Crippen LogP contribution in [0.3, 0.4) is 0 Å². The maximum atomic E-state index is 13.0. The molecule has 0 aliphatic rings. The predicted molar refractivity (Wildman–Crippen MR) is 77.8 cm³/mol. The van der Waals surface area contributed by atoms with E-state index in [9.17, 15) is 13.6 Å². The summed E-state index contributed by atoms with van der Waals surface area (Å²) in [5.41, 5.74) is 0.548. The number of benzene rings is 1. The van der Waals surface area contributed by atoms with Crippen molar-refractivity contribution in [3.63, 3.8) is 0 Å². The summed E-state index contributed by atoms with van der Waals surface area (Å²) in [6.45, 7) is 4.56. The Balaban J connectivity index is 2.29. The molecule has 2 N–H and O–H groups in total. The summed E-state index contributed by atoms with van der Waals surface area (Å²) in [5, 5.41) is 11.7. The van der Waals surface area contributed by atoms with Crippen LogP contribution in [0, 0.1) is 17.0 Å². The SMILES string of the molecule is CC(C)(CCO)CNC(=O)CCCc1ccc(F)c(F)c1. The zero-order chi connectivity index (χ0) is 15.9. The Morgan fingerprint density at radius 2 is 2.00 bits per heavy atom. The average Bonchev–Trinajstić information content (AvgIpc) is 2.41. The van der Waals surface area contributed by atoms with Gasteiger partial charge in [0.2, 0.25) is 5.91 Å². The van der Waals surface area contributed by atoms with Gasteiger partial charge < -0.3 is 10.4 Å². The molecule has 0 radical (unpaired) electrons. The highest BCUT2D eigenvalue weighted by atomic mass is 19.2. The molecule has 0 bridgehead atoms. The van der Waals surface area contributed by atoms with Crippen molar-refractivity contribution < 1.29 is 18.7 Å². The standard InChI is InChI=1S/C16H23F2NO2/c1-16(2,8-9-20)11-19-15(21)5-3-4-12-6-7-13(17)14(18)10-12/h6-7,10,20H,3-5,8-9,11H2,1-2H3,(H,19,21). The summed E-state index contributed by atoms with van der Waals surface area (Å²) in [4.78, 5) is 11.7. The first kappa shape index (κ1) is 17.6. The molecule has 1 rings (SSSR count). The monoisotopic (exact) mass is 299 g/mol. The van der Waals surface area contributed by atoms with Crippen LogP contribution in [0.15, 0.2) is 18.2 Å². The van der Waals surface area contributed by atoms with Crippen molar-refractivity contribution in [3.8, 4) is 0 Å². The molecule has 118 valence electrons. The number of halogens is 2. The summed E-state index contributed by atoms with van der Waals surface area (Å²) in [6.07, 6.45) is 2.08. The Hall–Kier alpha value is -1.49. The van der Waals surface area contributed by atoms with Gasteiger partial charge in [0.05, 0.1) is 0 Å². The van der Waals surface area contributed by atoms with E-state index >= 15 is 0 Å². The lowest BCUT2D eigenvalue weighted by Crippen LogP contribution is -2.34. The number of hydrogen-bond acceptors (Lipinski definition) is 2. The first-order valence-electron chi connectivity index (χ1n) is 7.15. The van der Waals surface area contributed by atoms with E-state index < -0.39 is 11.6 Å². The second-order valence-corrected chi connectivity index (χ2v) is 6.02. The number of amides is 1. The molecule has 5 heteroatoms. The summed E-state index contributed by atoms with van der Waals surface area (Å²) in [5.74, 6) is -1.78. The molecule has 0 aliphatic heterocycles. The van der Waals surface area contributed by atoms with Crippen LogP contribution in [0.2, 0.25) is 0 Å². The van der Waals surface area contributed by atoms with E-state index in [0.717, 1.165) is 12.1 Å². The van der Waals surface area contributed by atoms with E-state index in [1.807, 2.05) is 13.8 Å². The fraction of sp³-hybridized carbons (Fsp3) is 0.562. The fourth-order valence-corrected chi connectivity index (χ4v) is 1.97. The zero-order valence-electron chi connectivity index (χ0n) is 12.6. The van der Waals surface area contributed by atoms with Crippen LogP contribution in [0.4, 0.5) is 8.78 Å². The summed E-state index contributed by atoms with van der Waals surface area (Å²) < 4.78 is 25.8. The normalized spacial score (nSPS) is 11.5. The number of aliphatic hydroxyl groups is 1. The maximum Gasteiger partial charge on any atom is 0.220 e. The molecule has 0 unspecified atom stereocenters. The van der Waals surface area contributed by atoms with Crippen LogP contribution in [0.5, 0.6) is 0 Å². The van der Waals surface area contributed by atoms with Gasteiger partial charge in [-0.15, -0.1) is 0 Å². The van der Waals surface area contributed by atoms with Crippen molar-refractivity contribution in [3.05, 3.63) is 35.4 Å². The largest absolute Gasteiger partial charge is 0.396 e. The lowest BCUT2D eigenvalue weighted by atomic mass is 9.90. The van der Waals surface area contributed by atoms with Gasteiger partial charge in [0.25, 0.3) is 0 Å². The van der Waals surface area contributed by atoms with Crippen LogP contribution >= 0.6 is 0 Å². The molecule has 1 aromatic rings. The van der Waals surface area contributed by atoms with Gasteiger partial charge in [0.1, 0.15) is 0 Å². The zero-order valence-corrected chi connectivity index (χ0v) is 12.6. The smallest absolute Gasteiger partial charge is 0.220 e. The van der Waals surface area contributed by atoms with Gasteiger partial charge >= 0.3 is 0 Å². The Labute approximate surface area is 124 Å². The minimum absolute atomic E-state index is 0.0661. The van der Waals surface area contributed by atoms with Gasteiger partial charge in [-0.1, -0.05) is 19.9 Å². The van der Waals surface area contributed by atoms with Gasteiger partial charge in [-0.2, -0.15) is 0 Å². The molecule has 0 spiro atoms. The van der Waals surface area contributed by atoms with Crippen molar-refractivity contribution >= 4 is 5.91 Å². The van der Waals surface area contributed by atoms with Crippen molar-refractivity contribution in [2.24, 2.45) is 5.41 Å². The molecule has 0 aliphatic carbocycles. The van der Waals surface area contributed by atoms with Crippen LogP contribution in [-0.4, -0.2) is 24.2 Å². The molecule has 0 saturated carbocycles. The van der Waals surface area contributed by atoms with Crippen LogP contribution in [0.1, 0.15) is 38.7 Å². The van der Waals surface area contributed by atoms with Gasteiger partial charge in [-0.25, -0.2) is 8.78 Å². The molecule has 0 fully saturated rings. The molecular weight excluding hydrogens is 276 g/mol. The van der Waals surface area contributed by atoms with E-state index in [1.54, 1.807) is 0 Å². The Morgan fingerprint density at radius 1 is 1.29 bits per heavy atom. The molecular formula is C16H23F2NO2. The quantitative estimate of drug-likeness (QED) is 0.775. The van der Waals surface area contributed by atoms with Crippen molar-refractivity contribution in [1.82, 2.24) is 5.32 Å². The molecule has 0 saturated heterocycles. The van der Waals surface area contributed by atoms with Gasteiger partial charge in [0, 0.05) is 19.6 Å². The summed E-state index contributed by atoms with van der Waals surface area (Å²) in [7, 11) is 0. The maximum absolute atomic E-state index is 13.0. The molecule has 1 amide bonds. The Morgan fingerprint density at radius 3 is 2.62 bits per heavy atom. The first-order chi connectivity index (χ1) is 9.84. The molecule has 0 aromatic heterocycles. The van der Waals surface area contributed by atoms with Crippen molar-refractivity contribution in [2.75, 3.05) is 13.2 Å². The topological polar surface area (TPSA) is 49.3 Å². The number of carbonyl (C=O) groups is 1. The third-order valence-corrected chi connectivity index (χ3v) is 3.41. The third-order valence-electron chi connectivity index (χ3n) is 3.41. The minimum Gasteiger partial charge on any atom is -0.396 e. The van der Waals surface area contributed by atoms with E-state index in [0.29, 0.717) is 37.8 Å². The van der Waals surface area contributed by atoms with Crippen LogP contribution in [-0.2, 0) is 11.2 Å². The molecule has 3 nitrogen and oxygen atoms in total. The van der Waals surface area contributed by atoms with E-state index in [2.05, 4.69) is 5.32 Å². The molecule has 21 heavy (non-hydrogen) atoms. The highest BCUT2D eigenvalue weighted by Crippen LogP contribution is 2.18. The fourth-order valence-electron chi connectivity index (χ4n) is 1.97. The van der Waals surface area contributed by atoms with Gasteiger partial charge in [-0.3, -0.25) is 4.79 Å². The number of nitrogens with one attached hydrogen (secondary N) is 1. The van der Waals surface area contributed by atoms with Crippen LogP contribution in [0.25, 0.3) is 0 Å². The molecule has 0 atom stereocenters. The summed E-state index contributed by atoms with van der Waals surface area (Å²) in [6, 6.07) is 3.79. The summed E-state index contributed by atoms with van der Waals surface area (Å²) >= 11 is 0. The number of aryl methyl sites for hydroxylation is 1. The van der Waals surface area contributed by atoms with Gasteiger partial charge in [0.15, 0.2) is 11.6 Å². The van der Waals surface area contributed by atoms with Crippen molar-refractivity contribution in [1.29, 1.82) is 0 Å². The predicted octanol–water partition coefficient (Wildman–Crippen LogP) is 2.81. The number of aliphatic hydroxyl groups excluding tert-OH is 1. The molecule has 1 aromatic carbocycles. The average molecular weight is 299 g/mol. The number of hydrogen-bond donors (Lipinski definition) is 2. The number of carbonyl (C=O) groups excluding carboxylic acids is 1. The first-order valence-corrected chi connectivity index (χ1v) is 7.15. The molecule has 0 heterocycles. The Bertz CT molecular complexity index is 475. The van der Waals surface area contributed by atoms with Crippen molar-refractivity contribution in [2.45, 2.75) is 39.5 Å². The van der Waals surface area contributed by atoms with Gasteiger partial charge in [-0.05, 0) is 42.4 Å².